The van der Waals surface area contributed by atoms with E-state index in [-0.39, 0.29) is 5.41 Å². The molecule has 2 aromatic carbocycles. The average Bonchev–Trinajstić information content (AvgIpc) is 3.11. The van der Waals surface area contributed by atoms with Crippen LogP contribution in [0.1, 0.15) is 24.0 Å². The normalized spacial score (nSPS) is 25.0. The number of thioether (sulfide) groups is 1. The second kappa shape index (κ2) is 7.52. The molecule has 0 radical (unpaired) electrons. The summed E-state index contributed by atoms with van der Waals surface area (Å²) in [4.78, 5) is 1.45. The first-order chi connectivity index (χ1) is 13.8. The number of benzene rings is 2. The Morgan fingerprint density at radius 3 is 2.79 bits per heavy atom. The van der Waals surface area contributed by atoms with Gasteiger partial charge in [-0.3, -0.25) is 0 Å². The maximum Gasteiger partial charge on any atom is 0.0340 e. The lowest BCUT2D eigenvalue weighted by Crippen LogP contribution is -2.24. The Morgan fingerprint density at radius 1 is 1.00 bits per heavy atom. The standard InChI is InChI=1S/C26H25NS/c1-3-10-22(11-4-1)27-18-21-9-5-6-12-23(21)20-13-14-25-24(17-20)26(19-28-25)15-7-2-8-16-26/h1-8,10-15,17,21,27H,9,16,18-19H2. The van der Waals surface area contributed by atoms with Gasteiger partial charge in [-0.15, -0.1) is 11.8 Å². The fourth-order valence-electron chi connectivity index (χ4n) is 4.48. The molecule has 0 saturated carbocycles. The summed E-state index contributed by atoms with van der Waals surface area (Å²) >= 11 is 2.01. The first kappa shape index (κ1) is 17.6. The maximum atomic E-state index is 3.62. The van der Waals surface area contributed by atoms with Crippen LogP contribution in [0.3, 0.4) is 0 Å². The highest BCUT2D eigenvalue weighted by Crippen LogP contribution is 2.49. The van der Waals surface area contributed by atoms with E-state index in [1.807, 2.05) is 11.8 Å². The van der Waals surface area contributed by atoms with Gasteiger partial charge in [-0.1, -0.05) is 66.8 Å². The number of anilines is 1. The van der Waals surface area contributed by atoms with E-state index in [1.165, 1.54) is 27.3 Å². The van der Waals surface area contributed by atoms with E-state index < -0.39 is 0 Å². The molecule has 1 spiro atoms. The zero-order valence-corrected chi connectivity index (χ0v) is 16.8. The molecule has 2 atom stereocenters. The first-order valence-corrected chi connectivity index (χ1v) is 11.1. The molecule has 2 unspecified atom stereocenters. The molecule has 1 N–H and O–H groups in total. The van der Waals surface area contributed by atoms with Gasteiger partial charge in [0.25, 0.3) is 0 Å². The van der Waals surface area contributed by atoms with Crippen LogP contribution in [0.4, 0.5) is 5.69 Å². The summed E-state index contributed by atoms with van der Waals surface area (Å²) in [5.74, 6) is 1.65. The monoisotopic (exact) mass is 383 g/mol. The van der Waals surface area contributed by atoms with Crippen LogP contribution in [0, 0.1) is 5.92 Å². The van der Waals surface area contributed by atoms with Gasteiger partial charge in [0.05, 0.1) is 0 Å². The van der Waals surface area contributed by atoms with Gasteiger partial charge in [0.2, 0.25) is 0 Å². The Labute approximate surface area is 171 Å². The number of fused-ring (bicyclic) bond motifs is 2. The summed E-state index contributed by atoms with van der Waals surface area (Å²) in [7, 11) is 0. The first-order valence-electron chi connectivity index (χ1n) is 10.1. The van der Waals surface area contributed by atoms with Gasteiger partial charge < -0.3 is 5.32 Å². The second-order valence-corrected chi connectivity index (χ2v) is 8.89. The van der Waals surface area contributed by atoms with Crippen molar-refractivity contribution in [1.82, 2.24) is 0 Å². The van der Waals surface area contributed by atoms with Crippen LogP contribution in [0.5, 0.6) is 0 Å². The van der Waals surface area contributed by atoms with Gasteiger partial charge in [0.15, 0.2) is 0 Å². The van der Waals surface area contributed by atoms with Crippen molar-refractivity contribution in [2.75, 3.05) is 17.6 Å². The molecule has 28 heavy (non-hydrogen) atoms. The SMILES string of the molecule is C1=CCC(CNc2ccccc2)C(c2ccc3c(c2)C2(C=CC=CC2)CS3)=C1. The van der Waals surface area contributed by atoms with Gasteiger partial charge >= 0.3 is 0 Å². The molecular weight excluding hydrogens is 358 g/mol. The minimum absolute atomic E-state index is 0.188. The summed E-state index contributed by atoms with van der Waals surface area (Å²) in [6.45, 7) is 0.958. The zero-order valence-electron chi connectivity index (χ0n) is 16.0. The highest BCUT2D eigenvalue weighted by atomic mass is 32.2. The Kier molecular flexibility index (Phi) is 4.74. The minimum Gasteiger partial charge on any atom is -0.384 e. The number of hydrogen-bond donors (Lipinski definition) is 1. The number of hydrogen-bond acceptors (Lipinski definition) is 2. The highest BCUT2D eigenvalue weighted by Gasteiger charge is 2.37. The van der Waals surface area contributed by atoms with Gasteiger partial charge in [-0.05, 0) is 53.8 Å². The van der Waals surface area contributed by atoms with Crippen LogP contribution < -0.4 is 5.32 Å². The van der Waals surface area contributed by atoms with Crippen LogP contribution in [0.15, 0.2) is 96.0 Å². The Morgan fingerprint density at radius 2 is 1.93 bits per heavy atom. The average molecular weight is 384 g/mol. The third kappa shape index (κ3) is 3.27. The summed E-state index contributed by atoms with van der Waals surface area (Å²) in [5.41, 5.74) is 5.73. The molecule has 0 fully saturated rings. The van der Waals surface area contributed by atoms with Crippen LogP contribution in [-0.2, 0) is 5.41 Å². The van der Waals surface area contributed by atoms with Gasteiger partial charge in [0.1, 0.15) is 0 Å². The van der Waals surface area contributed by atoms with E-state index in [1.54, 1.807) is 0 Å². The number of allylic oxidation sites excluding steroid dienone is 7. The Balaban J connectivity index is 1.42. The molecule has 0 aromatic heterocycles. The molecule has 1 heterocycles. The van der Waals surface area contributed by atoms with Gasteiger partial charge in [0, 0.05) is 34.2 Å². The lowest BCUT2D eigenvalue weighted by Gasteiger charge is -2.28. The summed E-state index contributed by atoms with van der Waals surface area (Å²) in [6.07, 6.45) is 18.2. The highest BCUT2D eigenvalue weighted by molar-refractivity contribution is 7.99. The van der Waals surface area contributed by atoms with Crippen LogP contribution in [0.2, 0.25) is 0 Å². The third-order valence-electron chi connectivity index (χ3n) is 6.08. The van der Waals surface area contributed by atoms with Crippen molar-refractivity contribution < 1.29 is 0 Å². The molecule has 2 aliphatic carbocycles. The summed E-state index contributed by atoms with van der Waals surface area (Å²) in [5, 5.41) is 3.62. The smallest absolute Gasteiger partial charge is 0.0340 e. The van der Waals surface area contributed by atoms with Crippen molar-refractivity contribution in [3.05, 3.63) is 102 Å². The van der Waals surface area contributed by atoms with Crippen molar-refractivity contribution in [2.45, 2.75) is 23.2 Å². The van der Waals surface area contributed by atoms with Crippen molar-refractivity contribution in [2.24, 2.45) is 5.92 Å². The van der Waals surface area contributed by atoms with Crippen molar-refractivity contribution in [3.8, 4) is 0 Å². The van der Waals surface area contributed by atoms with Crippen LogP contribution >= 0.6 is 11.8 Å². The fourth-order valence-corrected chi connectivity index (χ4v) is 5.84. The zero-order chi connectivity index (χ0) is 18.8. The third-order valence-corrected chi connectivity index (χ3v) is 7.40. The molecule has 2 heteroatoms. The molecule has 0 amide bonds. The lowest BCUT2D eigenvalue weighted by atomic mass is 9.76. The van der Waals surface area contributed by atoms with Crippen molar-refractivity contribution >= 4 is 23.0 Å². The van der Waals surface area contributed by atoms with Gasteiger partial charge in [-0.25, -0.2) is 0 Å². The van der Waals surface area contributed by atoms with E-state index in [9.17, 15) is 0 Å². The fraction of sp³-hybridized carbons (Fsp3) is 0.231. The maximum absolute atomic E-state index is 3.62. The molecule has 5 rings (SSSR count). The second-order valence-electron chi connectivity index (χ2n) is 7.88. The molecule has 1 nitrogen and oxygen atoms in total. The molecule has 2 aromatic rings. The van der Waals surface area contributed by atoms with E-state index >= 15 is 0 Å². The largest absolute Gasteiger partial charge is 0.384 e. The predicted octanol–water partition coefficient (Wildman–Crippen LogP) is 6.62. The Hall–Kier alpha value is -2.45. The topological polar surface area (TPSA) is 12.0 Å². The minimum atomic E-state index is 0.188. The lowest BCUT2D eigenvalue weighted by molar-refractivity contribution is 0.613. The predicted molar refractivity (Wildman–Crippen MR) is 122 cm³/mol. The number of para-hydroxylation sites is 1. The molecule has 3 aliphatic rings. The number of rotatable bonds is 4. The molecule has 140 valence electrons. The van der Waals surface area contributed by atoms with E-state index in [0.29, 0.717) is 5.92 Å². The van der Waals surface area contributed by atoms with Crippen LogP contribution in [0.25, 0.3) is 5.57 Å². The van der Waals surface area contributed by atoms with E-state index in [0.717, 1.165) is 25.1 Å². The Bertz CT molecular complexity index is 983. The molecular formula is C26H25NS. The summed E-state index contributed by atoms with van der Waals surface area (Å²) in [6, 6.07) is 17.7. The van der Waals surface area contributed by atoms with Crippen molar-refractivity contribution in [3.63, 3.8) is 0 Å². The molecule has 0 saturated heterocycles. The van der Waals surface area contributed by atoms with E-state index in [2.05, 4.69) is 96.4 Å². The quantitative estimate of drug-likeness (QED) is 0.637. The van der Waals surface area contributed by atoms with Gasteiger partial charge in [-0.2, -0.15) is 0 Å². The van der Waals surface area contributed by atoms with E-state index in [4.69, 9.17) is 0 Å². The van der Waals surface area contributed by atoms with Crippen molar-refractivity contribution in [1.29, 1.82) is 0 Å². The molecule has 0 bridgehead atoms. The number of nitrogens with one attached hydrogen (secondary N) is 1. The molecule has 1 aliphatic heterocycles. The van der Waals surface area contributed by atoms with Crippen LogP contribution in [-0.4, -0.2) is 12.3 Å². The summed E-state index contributed by atoms with van der Waals surface area (Å²) < 4.78 is 0.